The summed E-state index contributed by atoms with van der Waals surface area (Å²) in [6, 6.07) is 6.61. The Kier molecular flexibility index (Phi) is 3.98. The van der Waals surface area contributed by atoms with Gasteiger partial charge in [-0.1, -0.05) is 12.1 Å². The summed E-state index contributed by atoms with van der Waals surface area (Å²) in [5, 5.41) is 12.3. The SMILES string of the molecule is O=C(NC1CCC(CO)CC1)C1(c2cccc(F)c2)CC1. The second-order valence-electron chi connectivity index (χ2n) is 6.47. The molecule has 3 rings (SSSR count). The maximum Gasteiger partial charge on any atom is 0.230 e. The summed E-state index contributed by atoms with van der Waals surface area (Å²) in [6.07, 6.45) is 5.39. The number of halogens is 1. The van der Waals surface area contributed by atoms with Gasteiger partial charge in [-0.05, 0) is 62.1 Å². The average molecular weight is 291 g/mol. The largest absolute Gasteiger partial charge is 0.396 e. The van der Waals surface area contributed by atoms with Crippen molar-refractivity contribution >= 4 is 5.91 Å². The maximum atomic E-state index is 13.4. The van der Waals surface area contributed by atoms with E-state index in [9.17, 15) is 9.18 Å². The molecule has 0 bridgehead atoms. The van der Waals surface area contributed by atoms with E-state index in [0.29, 0.717) is 5.92 Å². The van der Waals surface area contributed by atoms with Crippen molar-refractivity contribution in [3.05, 3.63) is 35.6 Å². The van der Waals surface area contributed by atoms with E-state index in [1.165, 1.54) is 12.1 Å². The van der Waals surface area contributed by atoms with E-state index >= 15 is 0 Å². The first-order chi connectivity index (χ1) is 10.1. The summed E-state index contributed by atoms with van der Waals surface area (Å²) in [6.45, 7) is 0.244. The van der Waals surface area contributed by atoms with Crippen LogP contribution < -0.4 is 5.32 Å². The smallest absolute Gasteiger partial charge is 0.230 e. The van der Waals surface area contributed by atoms with Gasteiger partial charge in [0.25, 0.3) is 0 Å². The summed E-state index contributed by atoms with van der Waals surface area (Å²) >= 11 is 0. The van der Waals surface area contributed by atoms with Crippen molar-refractivity contribution in [3.8, 4) is 0 Å². The summed E-state index contributed by atoms with van der Waals surface area (Å²) in [5.41, 5.74) is 0.291. The molecule has 0 unspecified atom stereocenters. The first-order valence-corrected chi connectivity index (χ1v) is 7.82. The van der Waals surface area contributed by atoms with Gasteiger partial charge >= 0.3 is 0 Å². The predicted octanol–water partition coefficient (Wildman–Crippen LogP) is 2.52. The van der Waals surface area contributed by atoms with Crippen molar-refractivity contribution in [1.29, 1.82) is 0 Å². The van der Waals surface area contributed by atoms with Crippen LogP contribution in [0.2, 0.25) is 0 Å². The molecule has 4 heteroatoms. The molecule has 0 spiro atoms. The van der Waals surface area contributed by atoms with Crippen LogP contribution in [0.1, 0.15) is 44.1 Å². The molecule has 1 aromatic carbocycles. The van der Waals surface area contributed by atoms with Crippen LogP contribution in [0.25, 0.3) is 0 Å². The molecule has 1 amide bonds. The number of amides is 1. The number of benzene rings is 1. The van der Waals surface area contributed by atoms with E-state index in [2.05, 4.69) is 5.32 Å². The van der Waals surface area contributed by atoms with Gasteiger partial charge in [0.05, 0.1) is 5.41 Å². The van der Waals surface area contributed by atoms with Crippen LogP contribution >= 0.6 is 0 Å². The number of aliphatic hydroxyl groups excluding tert-OH is 1. The second-order valence-corrected chi connectivity index (χ2v) is 6.47. The Bertz CT molecular complexity index is 519. The van der Waals surface area contributed by atoms with Crippen LogP contribution in [-0.2, 0) is 10.2 Å². The van der Waals surface area contributed by atoms with E-state index in [0.717, 1.165) is 44.1 Å². The van der Waals surface area contributed by atoms with Crippen molar-refractivity contribution in [2.45, 2.75) is 50.0 Å². The minimum absolute atomic E-state index is 0.0422. The van der Waals surface area contributed by atoms with Crippen LogP contribution in [0, 0.1) is 11.7 Å². The van der Waals surface area contributed by atoms with Crippen LogP contribution in [0.15, 0.2) is 24.3 Å². The van der Waals surface area contributed by atoms with Gasteiger partial charge in [0.1, 0.15) is 5.82 Å². The molecule has 2 N–H and O–H groups in total. The number of nitrogens with one attached hydrogen (secondary N) is 1. The third kappa shape index (κ3) is 2.95. The minimum Gasteiger partial charge on any atom is -0.396 e. The molecular formula is C17H22FNO2. The Balaban J connectivity index is 1.63. The first-order valence-electron chi connectivity index (χ1n) is 7.82. The van der Waals surface area contributed by atoms with E-state index in [1.54, 1.807) is 6.07 Å². The van der Waals surface area contributed by atoms with Crippen LogP contribution in [0.5, 0.6) is 0 Å². The fourth-order valence-corrected chi connectivity index (χ4v) is 3.37. The Morgan fingerprint density at radius 1 is 1.29 bits per heavy atom. The van der Waals surface area contributed by atoms with Crippen molar-refractivity contribution in [2.24, 2.45) is 5.92 Å². The van der Waals surface area contributed by atoms with Crippen LogP contribution in [0.3, 0.4) is 0 Å². The number of aliphatic hydroxyl groups is 1. The van der Waals surface area contributed by atoms with Gasteiger partial charge in [0, 0.05) is 12.6 Å². The normalized spacial score (nSPS) is 27.1. The zero-order valence-electron chi connectivity index (χ0n) is 12.1. The molecule has 1 aromatic rings. The zero-order valence-corrected chi connectivity index (χ0v) is 12.1. The zero-order chi connectivity index (χ0) is 14.9. The molecule has 2 aliphatic carbocycles. The number of carbonyl (C=O) groups is 1. The molecule has 2 aliphatic rings. The van der Waals surface area contributed by atoms with Gasteiger partial charge in [-0.15, -0.1) is 0 Å². The monoisotopic (exact) mass is 291 g/mol. The molecule has 0 radical (unpaired) electrons. The standard InChI is InChI=1S/C17H22FNO2/c18-14-3-1-2-13(10-14)17(8-9-17)16(21)19-15-6-4-12(11-20)5-7-15/h1-3,10,12,15,20H,4-9,11H2,(H,19,21). The van der Waals surface area contributed by atoms with E-state index in [-0.39, 0.29) is 24.4 Å². The number of rotatable bonds is 4. The molecule has 0 aliphatic heterocycles. The lowest BCUT2D eigenvalue weighted by Crippen LogP contribution is -2.43. The number of hydrogen-bond acceptors (Lipinski definition) is 2. The van der Waals surface area contributed by atoms with Crippen LogP contribution in [0.4, 0.5) is 4.39 Å². The summed E-state index contributed by atoms with van der Waals surface area (Å²) in [7, 11) is 0. The molecule has 0 saturated heterocycles. The Hall–Kier alpha value is -1.42. The molecule has 0 aromatic heterocycles. The van der Waals surface area contributed by atoms with E-state index < -0.39 is 5.41 Å². The highest BCUT2D eigenvalue weighted by Crippen LogP contribution is 2.48. The van der Waals surface area contributed by atoms with Crippen molar-refractivity contribution in [1.82, 2.24) is 5.32 Å². The van der Waals surface area contributed by atoms with Crippen LogP contribution in [-0.4, -0.2) is 23.7 Å². The fraction of sp³-hybridized carbons (Fsp3) is 0.588. The quantitative estimate of drug-likeness (QED) is 0.895. The third-order valence-electron chi connectivity index (χ3n) is 5.00. The molecule has 0 heterocycles. The predicted molar refractivity (Wildman–Crippen MR) is 78.3 cm³/mol. The summed E-state index contributed by atoms with van der Waals surface area (Å²) in [4.78, 5) is 12.6. The lowest BCUT2D eigenvalue weighted by Gasteiger charge is -2.29. The van der Waals surface area contributed by atoms with Gasteiger partial charge in [0.2, 0.25) is 5.91 Å². The number of carbonyl (C=O) groups excluding carboxylic acids is 1. The maximum absolute atomic E-state index is 13.4. The lowest BCUT2D eigenvalue weighted by molar-refractivity contribution is -0.124. The Morgan fingerprint density at radius 3 is 2.57 bits per heavy atom. The molecule has 114 valence electrons. The Labute approximate surface area is 124 Å². The average Bonchev–Trinajstić information content (AvgIpc) is 3.30. The Morgan fingerprint density at radius 2 is 2.00 bits per heavy atom. The van der Waals surface area contributed by atoms with Crippen molar-refractivity contribution in [3.63, 3.8) is 0 Å². The van der Waals surface area contributed by atoms with Gasteiger partial charge in [-0.25, -0.2) is 4.39 Å². The lowest BCUT2D eigenvalue weighted by atomic mass is 9.86. The molecule has 3 nitrogen and oxygen atoms in total. The summed E-state index contributed by atoms with van der Waals surface area (Å²) in [5.74, 6) is 0.145. The first kappa shape index (κ1) is 14.5. The molecule has 2 saturated carbocycles. The topological polar surface area (TPSA) is 49.3 Å². The van der Waals surface area contributed by atoms with Gasteiger partial charge in [-0.3, -0.25) is 4.79 Å². The number of hydrogen-bond donors (Lipinski definition) is 2. The van der Waals surface area contributed by atoms with Gasteiger partial charge in [0.15, 0.2) is 0 Å². The summed E-state index contributed by atoms with van der Waals surface area (Å²) < 4.78 is 13.4. The molecule has 21 heavy (non-hydrogen) atoms. The molecular weight excluding hydrogens is 269 g/mol. The highest BCUT2D eigenvalue weighted by atomic mass is 19.1. The van der Waals surface area contributed by atoms with Gasteiger partial charge in [-0.2, -0.15) is 0 Å². The van der Waals surface area contributed by atoms with E-state index in [4.69, 9.17) is 5.11 Å². The highest BCUT2D eigenvalue weighted by Gasteiger charge is 2.51. The second kappa shape index (κ2) is 5.76. The third-order valence-corrected chi connectivity index (χ3v) is 5.00. The molecule has 0 atom stereocenters. The molecule has 2 fully saturated rings. The van der Waals surface area contributed by atoms with E-state index in [1.807, 2.05) is 6.07 Å². The van der Waals surface area contributed by atoms with Gasteiger partial charge < -0.3 is 10.4 Å². The fourth-order valence-electron chi connectivity index (χ4n) is 3.37. The minimum atomic E-state index is -0.504. The van der Waals surface area contributed by atoms with Crippen molar-refractivity contribution in [2.75, 3.05) is 6.61 Å². The van der Waals surface area contributed by atoms with Crippen molar-refractivity contribution < 1.29 is 14.3 Å². The highest BCUT2D eigenvalue weighted by molar-refractivity contribution is 5.91.